The van der Waals surface area contributed by atoms with Gasteiger partial charge in [0, 0.05) is 19.1 Å². The molecule has 1 aromatic rings. The Balaban J connectivity index is 2.21. The van der Waals surface area contributed by atoms with Crippen LogP contribution in [0.1, 0.15) is 26.7 Å². The Bertz CT molecular complexity index is 414. The molecule has 2 N–H and O–H groups in total. The van der Waals surface area contributed by atoms with Gasteiger partial charge in [0.15, 0.2) is 0 Å². The molecule has 1 aliphatic heterocycles. The van der Waals surface area contributed by atoms with Crippen molar-refractivity contribution >= 4 is 11.4 Å². The molecule has 1 fully saturated rings. The predicted molar refractivity (Wildman–Crippen MR) is 79.5 cm³/mol. The van der Waals surface area contributed by atoms with Gasteiger partial charge in [0.25, 0.3) is 0 Å². The molecule has 0 spiro atoms. The molecule has 3 nitrogen and oxygen atoms in total. The highest BCUT2D eigenvalue weighted by atomic mass is 19.1. The molecule has 0 aliphatic carbocycles. The van der Waals surface area contributed by atoms with Crippen LogP contribution in [0, 0.1) is 5.82 Å². The molecule has 0 amide bonds. The maximum atomic E-state index is 13.4. The highest BCUT2D eigenvalue weighted by Gasteiger charge is 2.20. The molecule has 1 aliphatic rings. The summed E-state index contributed by atoms with van der Waals surface area (Å²) in [5.74, 6) is -0.189. The third kappa shape index (κ3) is 3.60. The van der Waals surface area contributed by atoms with E-state index in [1.165, 1.54) is 0 Å². The highest BCUT2D eigenvalue weighted by molar-refractivity contribution is 5.70. The molecule has 0 unspecified atom stereocenters. The van der Waals surface area contributed by atoms with Gasteiger partial charge in [-0.1, -0.05) is 0 Å². The van der Waals surface area contributed by atoms with Crippen LogP contribution in [0.2, 0.25) is 0 Å². The normalized spacial score (nSPS) is 16.7. The summed E-state index contributed by atoms with van der Waals surface area (Å²) in [5.41, 5.74) is 1.97. The molecule has 0 atom stereocenters. The summed E-state index contributed by atoms with van der Waals surface area (Å²) in [6, 6.07) is 5.83. The number of anilines is 2. The van der Waals surface area contributed by atoms with Gasteiger partial charge in [0.05, 0.1) is 11.4 Å². The summed E-state index contributed by atoms with van der Waals surface area (Å²) < 4.78 is 13.4. The molecule has 2 rings (SSSR count). The van der Waals surface area contributed by atoms with E-state index in [1.54, 1.807) is 12.1 Å². The summed E-state index contributed by atoms with van der Waals surface area (Å²) >= 11 is 0. The second-order valence-electron chi connectivity index (χ2n) is 5.55. The molecule has 0 aromatic heterocycles. The largest absolute Gasteiger partial charge is 0.381 e. The number of piperidine rings is 1. The van der Waals surface area contributed by atoms with E-state index >= 15 is 0 Å². The van der Waals surface area contributed by atoms with Crippen LogP contribution >= 0.6 is 0 Å². The third-order valence-corrected chi connectivity index (χ3v) is 3.64. The Morgan fingerprint density at radius 1 is 1.32 bits per heavy atom. The first-order valence-electron chi connectivity index (χ1n) is 7.07. The van der Waals surface area contributed by atoms with Gasteiger partial charge in [-0.25, -0.2) is 4.39 Å². The Morgan fingerprint density at radius 3 is 2.63 bits per heavy atom. The van der Waals surface area contributed by atoms with Crippen LogP contribution in [0.3, 0.4) is 0 Å². The van der Waals surface area contributed by atoms with E-state index in [1.807, 2.05) is 6.07 Å². The molecule has 1 aromatic carbocycles. The zero-order valence-electron chi connectivity index (χ0n) is 12.0. The van der Waals surface area contributed by atoms with Crippen molar-refractivity contribution in [3.05, 3.63) is 24.0 Å². The van der Waals surface area contributed by atoms with E-state index < -0.39 is 0 Å². The van der Waals surface area contributed by atoms with Crippen LogP contribution in [0.5, 0.6) is 0 Å². The standard InChI is InChI=1S/C15H24FN3/c1-11(2)18-14-10-12(16)4-5-15(14)19(3)13-6-8-17-9-7-13/h4-5,10-11,13,17-18H,6-9H2,1-3H3. The summed E-state index contributed by atoms with van der Waals surface area (Å²) in [5, 5.41) is 6.71. The van der Waals surface area contributed by atoms with Gasteiger partial charge in [0.1, 0.15) is 5.82 Å². The van der Waals surface area contributed by atoms with Crippen LogP contribution in [0.25, 0.3) is 0 Å². The van der Waals surface area contributed by atoms with E-state index in [4.69, 9.17) is 0 Å². The van der Waals surface area contributed by atoms with Crippen LogP contribution in [-0.4, -0.2) is 32.2 Å². The second-order valence-corrected chi connectivity index (χ2v) is 5.55. The maximum Gasteiger partial charge on any atom is 0.125 e. The second kappa shape index (κ2) is 6.24. The van der Waals surface area contributed by atoms with E-state index in [0.717, 1.165) is 37.3 Å². The quantitative estimate of drug-likeness (QED) is 0.876. The van der Waals surface area contributed by atoms with Gasteiger partial charge in [-0.05, 0) is 58.0 Å². The highest BCUT2D eigenvalue weighted by Crippen LogP contribution is 2.29. The maximum absolute atomic E-state index is 13.4. The van der Waals surface area contributed by atoms with Gasteiger partial charge < -0.3 is 15.5 Å². The number of nitrogens with zero attached hydrogens (tertiary/aromatic N) is 1. The molecule has 0 saturated carbocycles. The molecule has 1 heterocycles. The van der Waals surface area contributed by atoms with Crippen molar-refractivity contribution in [1.29, 1.82) is 0 Å². The van der Waals surface area contributed by atoms with Gasteiger partial charge in [-0.3, -0.25) is 0 Å². The van der Waals surface area contributed by atoms with Crippen LogP contribution in [-0.2, 0) is 0 Å². The number of nitrogens with one attached hydrogen (secondary N) is 2. The minimum Gasteiger partial charge on any atom is -0.381 e. The fourth-order valence-corrected chi connectivity index (χ4v) is 2.63. The van der Waals surface area contributed by atoms with E-state index in [2.05, 4.69) is 36.4 Å². The van der Waals surface area contributed by atoms with E-state index in [0.29, 0.717) is 12.1 Å². The first kappa shape index (κ1) is 14.1. The first-order chi connectivity index (χ1) is 9.08. The lowest BCUT2D eigenvalue weighted by atomic mass is 10.0. The van der Waals surface area contributed by atoms with Crippen molar-refractivity contribution in [1.82, 2.24) is 5.32 Å². The minimum atomic E-state index is -0.189. The number of halogens is 1. The van der Waals surface area contributed by atoms with Gasteiger partial charge in [0.2, 0.25) is 0 Å². The number of hydrogen-bond acceptors (Lipinski definition) is 3. The topological polar surface area (TPSA) is 27.3 Å². The lowest BCUT2D eigenvalue weighted by Gasteiger charge is -2.34. The number of rotatable bonds is 4. The Labute approximate surface area is 115 Å². The third-order valence-electron chi connectivity index (χ3n) is 3.64. The van der Waals surface area contributed by atoms with E-state index in [-0.39, 0.29) is 5.82 Å². The van der Waals surface area contributed by atoms with Crippen LogP contribution < -0.4 is 15.5 Å². The molecule has 1 saturated heterocycles. The molecule has 106 valence electrons. The van der Waals surface area contributed by atoms with Gasteiger partial charge in [-0.2, -0.15) is 0 Å². The van der Waals surface area contributed by atoms with Crippen molar-refractivity contribution in [2.24, 2.45) is 0 Å². The molecule has 19 heavy (non-hydrogen) atoms. The first-order valence-corrected chi connectivity index (χ1v) is 7.07. The zero-order chi connectivity index (χ0) is 13.8. The average molecular weight is 265 g/mol. The molecular formula is C15H24FN3. The van der Waals surface area contributed by atoms with Crippen molar-refractivity contribution in [3.63, 3.8) is 0 Å². The van der Waals surface area contributed by atoms with Crippen molar-refractivity contribution in [2.45, 2.75) is 38.8 Å². The van der Waals surface area contributed by atoms with Gasteiger partial charge in [-0.15, -0.1) is 0 Å². The van der Waals surface area contributed by atoms with Crippen LogP contribution in [0.4, 0.5) is 15.8 Å². The molecule has 0 bridgehead atoms. The summed E-state index contributed by atoms with van der Waals surface area (Å²) in [6.45, 7) is 6.25. The number of hydrogen-bond donors (Lipinski definition) is 2. The summed E-state index contributed by atoms with van der Waals surface area (Å²) in [7, 11) is 2.11. The fraction of sp³-hybridized carbons (Fsp3) is 0.600. The molecule has 0 radical (unpaired) electrons. The predicted octanol–water partition coefficient (Wildman–Crippen LogP) is 2.83. The number of benzene rings is 1. The lowest BCUT2D eigenvalue weighted by molar-refractivity contribution is 0.443. The minimum absolute atomic E-state index is 0.189. The monoisotopic (exact) mass is 265 g/mol. The van der Waals surface area contributed by atoms with E-state index in [9.17, 15) is 4.39 Å². The Hall–Kier alpha value is -1.29. The smallest absolute Gasteiger partial charge is 0.125 e. The Morgan fingerprint density at radius 2 is 2.00 bits per heavy atom. The summed E-state index contributed by atoms with van der Waals surface area (Å²) in [4.78, 5) is 2.28. The zero-order valence-corrected chi connectivity index (χ0v) is 12.0. The molecule has 4 heteroatoms. The van der Waals surface area contributed by atoms with Crippen molar-refractivity contribution in [3.8, 4) is 0 Å². The summed E-state index contributed by atoms with van der Waals surface area (Å²) in [6.07, 6.45) is 2.27. The van der Waals surface area contributed by atoms with Crippen molar-refractivity contribution in [2.75, 3.05) is 30.4 Å². The van der Waals surface area contributed by atoms with Crippen molar-refractivity contribution < 1.29 is 4.39 Å². The fourth-order valence-electron chi connectivity index (χ4n) is 2.63. The molecular weight excluding hydrogens is 241 g/mol. The SMILES string of the molecule is CC(C)Nc1cc(F)ccc1N(C)C1CCNCC1. The van der Waals surface area contributed by atoms with Gasteiger partial charge >= 0.3 is 0 Å². The Kier molecular flexibility index (Phi) is 4.64. The van der Waals surface area contributed by atoms with Crippen LogP contribution in [0.15, 0.2) is 18.2 Å². The lowest BCUT2D eigenvalue weighted by Crippen LogP contribution is -2.41. The average Bonchev–Trinajstić information content (AvgIpc) is 2.38.